The molecule has 0 unspecified atom stereocenters. The van der Waals surface area contributed by atoms with Crippen LogP contribution in [0.2, 0.25) is 0 Å². The van der Waals surface area contributed by atoms with Crippen molar-refractivity contribution in [3.63, 3.8) is 0 Å². The monoisotopic (exact) mass is 516 g/mol. The fourth-order valence-electron chi connectivity index (χ4n) is 6.05. The van der Waals surface area contributed by atoms with Crippen molar-refractivity contribution in [1.82, 2.24) is 19.6 Å². The van der Waals surface area contributed by atoms with Gasteiger partial charge in [-0.1, -0.05) is 36.8 Å². The molecular formula is C31H40N4O3. The first-order chi connectivity index (χ1) is 18.5. The summed E-state index contributed by atoms with van der Waals surface area (Å²) in [5.74, 6) is 1.99. The highest BCUT2D eigenvalue weighted by Crippen LogP contribution is 2.39. The van der Waals surface area contributed by atoms with Gasteiger partial charge >= 0.3 is 0 Å². The third-order valence-corrected chi connectivity index (χ3v) is 8.32. The summed E-state index contributed by atoms with van der Waals surface area (Å²) in [6.07, 6.45) is 8.30. The molecule has 1 spiro atoms. The Hall–Kier alpha value is -3.32. The topological polar surface area (TPSA) is 59.8 Å². The Morgan fingerprint density at radius 3 is 2.53 bits per heavy atom. The SMILES string of the molecule is COc1ccc(CN2CCOc3ccccc3CCCCC3(CCN(C(=O)c4ccnn4C)CC3)C2)cc1. The quantitative estimate of drug-likeness (QED) is 0.491. The van der Waals surface area contributed by atoms with Crippen molar-refractivity contribution in [1.29, 1.82) is 0 Å². The molecule has 1 saturated heterocycles. The zero-order valence-electron chi connectivity index (χ0n) is 22.8. The van der Waals surface area contributed by atoms with E-state index < -0.39 is 0 Å². The minimum Gasteiger partial charge on any atom is -0.497 e. The molecular weight excluding hydrogens is 476 g/mol. The van der Waals surface area contributed by atoms with Gasteiger partial charge in [0.05, 0.1) is 7.11 Å². The molecule has 0 N–H and O–H groups in total. The molecule has 2 aliphatic heterocycles. The molecule has 3 aromatic rings. The molecule has 202 valence electrons. The number of likely N-dealkylation sites (tertiary alicyclic amines) is 1. The molecule has 0 atom stereocenters. The maximum Gasteiger partial charge on any atom is 0.272 e. The smallest absolute Gasteiger partial charge is 0.272 e. The van der Waals surface area contributed by atoms with Crippen LogP contribution in [0.1, 0.15) is 53.7 Å². The molecule has 5 rings (SSSR count). The highest BCUT2D eigenvalue weighted by atomic mass is 16.5. The van der Waals surface area contributed by atoms with Gasteiger partial charge in [-0.15, -0.1) is 0 Å². The number of amides is 1. The molecule has 0 radical (unpaired) electrons. The van der Waals surface area contributed by atoms with Gasteiger partial charge in [-0.05, 0) is 72.9 Å². The molecule has 0 aliphatic carbocycles. The fraction of sp³-hybridized carbons (Fsp3) is 0.484. The largest absolute Gasteiger partial charge is 0.497 e. The van der Waals surface area contributed by atoms with E-state index in [1.165, 1.54) is 24.0 Å². The van der Waals surface area contributed by atoms with Crippen LogP contribution >= 0.6 is 0 Å². The Morgan fingerprint density at radius 1 is 1.00 bits per heavy atom. The summed E-state index contributed by atoms with van der Waals surface area (Å²) in [7, 11) is 3.54. The lowest BCUT2D eigenvalue weighted by Gasteiger charge is -2.45. The number of hydrogen-bond acceptors (Lipinski definition) is 5. The molecule has 7 heteroatoms. The molecule has 38 heavy (non-hydrogen) atoms. The van der Waals surface area contributed by atoms with Crippen molar-refractivity contribution in [2.45, 2.75) is 45.1 Å². The van der Waals surface area contributed by atoms with Crippen LogP contribution in [0, 0.1) is 5.41 Å². The Morgan fingerprint density at radius 2 is 1.79 bits per heavy atom. The molecule has 2 aliphatic rings. The number of ether oxygens (including phenoxy) is 2. The van der Waals surface area contributed by atoms with Crippen molar-refractivity contribution < 1.29 is 14.3 Å². The minimum absolute atomic E-state index is 0.0908. The Labute approximate surface area is 226 Å². The van der Waals surface area contributed by atoms with E-state index in [-0.39, 0.29) is 11.3 Å². The van der Waals surface area contributed by atoms with Crippen LogP contribution in [0.15, 0.2) is 60.8 Å². The first kappa shape index (κ1) is 26.3. The molecule has 1 amide bonds. The van der Waals surface area contributed by atoms with Crippen molar-refractivity contribution in [3.8, 4) is 11.5 Å². The lowest BCUT2D eigenvalue weighted by Crippen LogP contribution is -2.48. The first-order valence-electron chi connectivity index (χ1n) is 13.9. The van der Waals surface area contributed by atoms with Gasteiger partial charge in [0.2, 0.25) is 0 Å². The lowest BCUT2D eigenvalue weighted by atomic mass is 9.73. The predicted octanol–water partition coefficient (Wildman–Crippen LogP) is 4.96. The summed E-state index contributed by atoms with van der Waals surface area (Å²) in [5.41, 5.74) is 3.43. The molecule has 1 fully saturated rings. The van der Waals surface area contributed by atoms with Crippen LogP contribution in [-0.2, 0) is 20.0 Å². The summed E-state index contributed by atoms with van der Waals surface area (Å²) in [6.45, 7) is 4.99. The Bertz CT molecular complexity index is 1200. The fourth-order valence-corrected chi connectivity index (χ4v) is 6.05. The summed E-state index contributed by atoms with van der Waals surface area (Å²) in [4.78, 5) is 17.7. The molecule has 0 bridgehead atoms. The van der Waals surface area contributed by atoms with Crippen molar-refractivity contribution in [3.05, 3.63) is 77.6 Å². The van der Waals surface area contributed by atoms with Crippen LogP contribution in [0.5, 0.6) is 11.5 Å². The number of para-hydroxylation sites is 1. The molecule has 1 aromatic heterocycles. The van der Waals surface area contributed by atoms with E-state index in [4.69, 9.17) is 9.47 Å². The second-order valence-corrected chi connectivity index (χ2v) is 10.9. The van der Waals surface area contributed by atoms with Gasteiger partial charge in [-0.2, -0.15) is 5.10 Å². The third-order valence-electron chi connectivity index (χ3n) is 8.32. The van der Waals surface area contributed by atoms with Gasteiger partial charge in [-0.3, -0.25) is 14.4 Å². The van der Waals surface area contributed by atoms with Gasteiger partial charge in [0, 0.05) is 46.0 Å². The number of aromatic nitrogens is 2. The minimum atomic E-state index is 0.0908. The maximum absolute atomic E-state index is 13.2. The zero-order chi connectivity index (χ0) is 26.4. The van der Waals surface area contributed by atoms with E-state index in [0.717, 1.165) is 69.9 Å². The van der Waals surface area contributed by atoms with E-state index >= 15 is 0 Å². The van der Waals surface area contributed by atoms with Crippen LogP contribution in [-0.4, -0.2) is 65.4 Å². The van der Waals surface area contributed by atoms with Crippen LogP contribution in [0.4, 0.5) is 0 Å². The highest BCUT2D eigenvalue weighted by Gasteiger charge is 2.37. The highest BCUT2D eigenvalue weighted by molar-refractivity contribution is 5.92. The van der Waals surface area contributed by atoms with Gasteiger partial charge in [0.1, 0.15) is 23.8 Å². The first-order valence-corrected chi connectivity index (χ1v) is 13.9. The van der Waals surface area contributed by atoms with E-state index in [1.807, 2.05) is 30.1 Å². The number of benzene rings is 2. The number of rotatable bonds is 4. The number of aryl methyl sites for hydroxylation is 2. The van der Waals surface area contributed by atoms with Crippen LogP contribution in [0.3, 0.4) is 0 Å². The number of methoxy groups -OCH3 is 1. The van der Waals surface area contributed by atoms with Gasteiger partial charge in [0.15, 0.2) is 0 Å². The summed E-state index contributed by atoms with van der Waals surface area (Å²) in [6, 6.07) is 18.7. The molecule has 0 saturated carbocycles. The second kappa shape index (κ2) is 12.0. The molecule has 2 aromatic carbocycles. The van der Waals surface area contributed by atoms with Gasteiger partial charge in [-0.25, -0.2) is 0 Å². The maximum atomic E-state index is 13.2. The van der Waals surface area contributed by atoms with Crippen LogP contribution < -0.4 is 9.47 Å². The number of nitrogens with zero attached hydrogens (tertiary/aromatic N) is 4. The van der Waals surface area contributed by atoms with Crippen molar-refractivity contribution in [2.24, 2.45) is 12.5 Å². The van der Waals surface area contributed by atoms with E-state index in [9.17, 15) is 4.79 Å². The van der Waals surface area contributed by atoms with Crippen molar-refractivity contribution in [2.75, 3.05) is 39.9 Å². The van der Waals surface area contributed by atoms with Crippen LogP contribution in [0.25, 0.3) is 0 Å². The Balaban J connectivity index is 1.33. The average molecular weight is 517 g/mol. The number of carbonyl (C=O) groups is 1. The van der Waals surface area contributed by atoms with E-state index in [0.29, 0.717) is 12.3 Å². The summed E-state index contributed by atoms with van der Waals surface area (Å²) >= 11 is 0. The number of fused-ring (bicyclic) bond motifs is 1. The number of piperidine rings is 1. The van der Waals surface area contributed by atoms with E-state index in [2.05, 4.69) is 46.4 Å². The van der Waals surface area contributed by atoms with E-state index in [1.54, 1.807) is 18.0 Å². The standard InChI is InChI=1S/C31H40N4O3/c1-33-28(14-18-32-33)30(36)35-19-16-31(17-20-35)15-6-5-8-26-7-3-4-9-29(26)38-22-21-34(24-31)23-25-10-12-27(37-2)13-11-25/h3-4,7,9-14,18H,5-6,8,15-17,19-24H2,1-2H3. The normalized spacial score (nSPS) is 18.6. The average Bonchev–Trinajstić information content (AvgIpc) is 3.37. The Kier molecular flexibility index (Phi) is 8.32. The number of hydrogen-bond donors (Lipinski definition) is 0. The zero-order valence-corrected chi connectivity index (χ0v) is 22.8. The molecule has 7 nitrogen and oxygen atoms in total. The lowest BCUT2D eigenvalue weighted by molar-refractivity contribution is 0.0355. The third kappa shape index (κ3) is 6.21. The van der Waals surface area contributed by atoms with Gasteiger partial charge in [0.25, 0.3) is 5.91 Å². The summed E-state index contributed by atoms with van der Waals surface area (Å²) < 4.78 is 13.4. The molecule has 3 heterocycles. The second-order valence-electron chi connectivity index (χ2n) is 10.9. The predicted molar refractivity (Wildman–Crippen MR) is 149 cm³/mol. The number of carbonyl (C=O) groups excluding carboxylic acids is 1. The van der Waals surface area contributed by atoms with Crippen molar-refractivity contribution >= 4 is 5.91 Å². The van der Waals surface area contributed by atoms with Gasteiger partial charge < -0.3 is 14.4 Å². The summed E-state index contributed by atoms with van der Waals surface area (Å²) in [5, 5.41) is 4.19.